The smallest absolute Gasteiger partial charge is 0.228 e. The summed E-state index contributed by atoms with van der Waals surface area (Å²) in [4.78, 5) is 13.9. The van der Waals surface area contributed by atoms with Gasteiger partial charge in [0.25, 0.3) is 0 Å². The van der Waals surface area contributed by atoms with Crippen LogP contribution in [0.1, 0.15) is 41.0 Å². The lowest BCUT2D eigenvalue weighted by atomic mass is 9.92. The van der Waals surface area contributed by atoms with Gasteiger partial charge in [-0.1, -0.05) is 31.9 Å². The molecule has 1 aliphatic heterocycles. The second-order valence-corrected chi connectivity index (χ2v) is 5.29. The predicted molar refractivity (Wildman–Crippen MR) is 59.0 cm³/mol. The van der Waals surface area contributed by atoms with Crippen molar-refractivity contribution in [3.63, 3.8) is 0 Å². The summed E-state index contributed by atoms with van der Waals surface area (Å²) in [6.45, 7) is 11.9. The molecule has 1 heterocycles. The van der Waals surface area contributed by atoms with Crippen molar-refractivity contribution in [1.29, 1.82) is 0 Å². The molecule has 14 heavy (non-hydrogen) atoms. The van der Waals surface area contributed by atoms with Gasteiger partial charge in [0.05, 0.1) is 0 Å². The van der Waals surface area contributed by atoms with Crippen LogP contribution in [-0.2, 0) is 4.79 Å². The van der Waals surface area contributed by atoms with Crippen LogP contribution in [0.15, 0.2) is 11.1 Å². The Labute approximate surface area is 87.0 Å². The third-order valence-electron chi connectivity index (χ3n) is 2.84. The first-order valence-corrected chi connectivity index (χ1v) is 5.27. The Hall–Kier alpha value is -0.790. The monoisotopic (exact) mass is 195 g/mol. The molecule has 0 aliphatic carbocycles. The molecule has 1 rings (SSSR count). The fourth-order valence-electron chi connectivity index (χ4n) is 1.66. The molecule has 0 saturated carbocycles. The summed E-state index contributed by atoms with van der Waals surface area (Å²) in [7, 11) is 0. The summed E-state index contributed by atoms with van der Waals surface area (Å²) in [5.74, 6) is 0.268. The molecule has 0 radical (unpaired) electrons. The molecule has 0 aromatic rings. The van der Waals surface area contributed by atoms with Gasteiger partial charge >= 0.3 is 0 Å². The fourth-order valence-corrected chi connectivity index (χ4v) is 1.66. The van der Waals surface area contributed by atoms with Crippen LogP contribution in [-0.4, -0.2) is 23.9 Å². The van der Waals surface area contributed by atoms with Crippen molar-refractivity contribution in [1.82, 2.24) is 4.90 Å². The average Bonchev–Trinajstić information content (AvgIpc) is 2.07. The van der Waals surface area contributed by atoms with E-state index < -0.39 is 0 Å². The normalized spacial score (nSPS) is 18.8. The molecule has 0 N–H and O–H groups in total. The van der Waals surface area contributed by atoms with E-state index in [1.807, 2.05) is 25.7 Å². The summed E-state index contributed by atoms with van der Waals surface area (Å²) in [6, 6.07) is 0. The first-order valence-electron chi connectivity index (χ1n) is 5.27. The number of rotatable bonds is 0. The molecule has 80 valence electrons. The Kier molecular flexibility index (Phi) is 3.03. The molecule has 0 spiro atoms. The molecule has 2 heteroatoms. The largest absolute Gasteiger partial charge is 0.338 e. The maximum atomic E-state index is 12.0. The SMILES string of the molecule is CC1=C(C)CN(C(=O)C(C)(C)C)CC1. The average molecular weight is 195 g/mol. The van der Waals surface area contributed by atoms with Gasteiger partial charge in [-0.2, -0.15) is 0 Å². The van der Waals surface area contributed by atoms with E-state index in [1.165, 1.54) is 11.1 Å². The van der Waals surface area contributed by atoms with E-state index in [2.05, 4.69) is 13.8 Å². The third-order valence-corrected chi connectivity index (χ3v) is 2.84. The van der Waals surface area contributed by atoms with Gasteiger partial charge in [0.1, 0.15) is 0 Å². The molecular formula is C12H21NO. The summed E-state index contributed by atoms with van der Waals surface area (Å²) in [6.07, 6.45) is 1.04. The zero-order valence-corrected chi connectivity index (χ0v) is 9.98. The quantitative estimate of drug-likeness (QED) is 0.544. The van der Waals surface area contributed by atoms with Crippen LogP contribution in [0, 0.1) is 5.41 Å². The number of carbonyl (C=O) groups excluding carboxylic acids is 1. The van der Waals surface area contributed by atoms with Crippen LogP contribution in [0.3, 0.4) is 0 Å². The van der Waals surface area contributed by atoms with Gasteiger partial charge in [0.2, 0.25) is 5.91 Å². The molecule has 0 saturated heterocycles. The van der Waals surface area contributed by atoms with E-state index in [1.54, 1.807) is 0 Å². The Morgan fingerprint density at radius 3 is 2.21 bits per heavy atom. The van der Waals surface area contributed by atoms with Crippen molar-refractivity contribution >= 4 is 5.91 Å². The third kappa shape index (κ3) is 2.37. The summed E-state index contributed by atoms with van der Waals surface area (Å²) >= 11 is 0. The minimum atomic E-state index is -0.245. The number of hydrogen-bond acceptors (Lipinski definition) is 1. The first-order chi connectivity index (χ1) is 6.32. The lowest BCUT2D eigenvalue weighted by molar-refractivity contribution is -0.139. The number of carbonyl (C=O) groups is 1. The highest BCUT2D eigenvalue weighted by Gasteiger charge is 2.28. The highest BCUT2D eigenvalue weighted by atomic mass is 16.2. The van der Waals surface area contributed by atoms with Crippen LogP contribution < -0.4 is 0 Å². The van der Waals surface area contributed by atoms with Crippen LogP contribution in [0.5, 0.6) is 0 Å². The molecule has 0 aromatic carbocycles. The van der Waals surface area contributed by atoms with Gasteiger partial charge < -0.3 is 4.90 Å². The minimum Gasteiger partial charge on any atom is -0.338 e. The lowest BCUT2D eigenvalue weighted by Crippen LogP contribution is -2.42. The second-order valence-electron chi connectivity index (χ2n) is 5.29. The molecule has 0 aromatic heterocycles. The molecular weight excluding hydrogens is 174 g/mol. The van der Waals surface area contributed by atoms with Gasteiger partial charge in [-0.3, -0.25) is 4.79 Å². The van der Waals surface area contributed by atoms with Gasteiger partial charge in [-0.05, 0) is 20.3 Å². The summed E-state index contributed by atoms with van der Waals surface area (Å²) in [5, 5.41) is 0. The Morgan fingerprint density at radius 1 is 1.21 bits per heavy atom. The predicted octanol–water partition coefficient (Wildman–Crippen LogP) is 2.60. The topological polar surface area (TPSA) is 20.3 Å². The van der Waals surface area contributed by atoms with E-state index in [9.17, 15) is 4.79 Å². The number of hydrogen-bond donors (Lipinski definition) is 0. The molecule has 0 bridgehead atoms. The van der Waals surface area contributed by atoms with Crippen LogP contribution in [0.2, 0.25) is 0 Å². The molecule has 0 atom stereocenters. The number of amides is 1. The van der Waals surface area contributed by atoms with Crippen molar-refractivity contribution in [2.75, 3.05) is 13.1 Å². The second kappa shape index (κ2) is 3.76. The number of nitrogens with zero attached hydrogens (tertiary/aromatic N) is 1. The van der Waals surface area contributed by atoms with E-state index in [0.29, 0.717) is 0 Å². The highest BCUT2D eigenvalue weighted by Crippen LogP contribution is 2.23. The standard InChI is InChI=1S/C12H21NO/c1-9-6-7-13(8-10(9)2)11(14)12(3,4)5/h6-8H2,1-5H3. The van der Waals surface area contributed by atoms with Gasteiger partial charge in [-0.15, -0.1) is 0 Å². The van der Waals surface area contributed by atoms with Crippen molar-refractivity contribution in [2.24, 2.45) is 5.41 Å². The van der Waals surface area contributed by atoms with Crippen LogP contribution in [0.25, 0.3) is 0 Å². The summed E-state index contributed by atoms with van der Waals surface area (Å²) in [5.41, 5.74) is 2.56. The maximum absolute atomic E-state index is 12.0. The summed E-state index contributed by atoms with van der Waals surface area (Å²) < 4.78 is 0. The first kappa shape index (κ1) is 11.3. The van der Waals surface area contributed by atoms with Crippen molar-refractivity contribution in [3.05, 3.63) is 11.1 Å². The maximum Gasteiger partial charge on any atom is 0.228 e. The zero-order chi connectivity index (χ0) is 10.9. The van der Waals surface area contributed by atoms with Crippen molar-refractivity contribution in [2.45, 2.75) is 41.0 Å². The van der Waals surface area contributed by atoms with E-state index in [0.717, 1.165) is 19.5 Å². The van der Waals surface area contributed by atoms with Crippen LogP contribution >= 0.6 is 0 Å². The van der Waals surface area contributed by atoms with Gasteiger partial charge in [-0.25, -0.2) is 0 Å². The molecule has 1 aliphatic rings. The van der Waals surface area contributed by atoms with Gasteiger partial charge in [0, 0.05) is 18.5 Å². The van der Waals surface area contributed by atoms with Gasteiger partial charge in [0.15, 0.2) is 0 Å². The van der Waals surface area contributed by atoms with Crippen LogP contribution in [0.4, 0.5) is 0 Å². The Morgan fingerprint density at radius 2 is 1.79 bits per heavy atom. The zero-order valence-electron chi connectivity index (χ0n) is 9.98. The van der Waals surface area contributed by atoms with E-state index >= 15 is 0 Å². The molecule has 1 amide bonds. The van der Waals surface area contributed by atoms with Crippen molar-refractivity contribution < 1.29 is 4.79 Å². The lowest BCUT2D eigenvalue weighted by Gasteiger charge is -2.33. The van der Waals surface area contributed by atoms with E-state index in [-0.39, 0.29) is 11.3 Å². The molecule has 0 fully saturated rings. The Bertz CT molecular complexity index is 271. The molecule has 2 nitrogen and oxygen atoms in total. The molecule has 0 unspecified atom stereocenters. The highest BCUT2D eigenvalue weighted by molar-refractivity contribution is 5.82. The fraction of sp³-hybridized carbons (Fsp3) is 0.750. The van der Waals surface area contributed by atoms with Crippen molar-refractivity contribution in [3.8, 4) is 0 Å². The Balaban J connectivity index is 2.71. The minimum absolute atomic E-state index is 0.245. The van der Waals surface area contributed by atoms with E-state index in [4.69, 9.17) is 0 Å².